The van der Waals surface area contributed by atoms with Crippen LogP contribution in [0.1, 0.15) is 170 Å². The minimum absolute atomic E-state index is 0.0780. The highest BCUT2D eigenvalue weighted by molar-refractivity contribution is 6.66. The lowest BCUT2D eigenvalue weighted by atomic mass is 9.97. The molecular weight excluding hydrogens is 580 g/mol. The van der Waals surface area contributed by atoms with Crippen molar-refractivity contribution in [2.45, 2.75) is 176 Å². The van der Waals surface area contributed by atoms with Crippen LogP contribution in [0.4, 0.5) is 0 Å². The van der Waals surface area contributed by atoms with Crippen LogP contribution < -0.4 is 0 Å². The van der Waals surface area contributed by atoms with Crippen LogP contribution in [0.3, 0.4) is 0 Å². The second kappa shape index (κ2) is 34.8. The number of unbranched alkanes of at least 4 members (excludes halogenated alkanes) is 11. The molecular formula is C38H78O6Si. The van der Waals surface area contributed by atoms with E-state index in [1.165, 1.54) is 38.5 Å². The molecule has 0 aliphatic rings. The molecule has 6 nitrogen and oxygen atoms in total. The largest absolute Gasteiger partial charge is 0.529 e. The summed E-state index contributed by atoms with van der Waals surface area (Å²) in [7, 11) is -2.62. The summed E-state index contributed by atoms with van der Waals surface area (Å²) in [5.74, 6) is -0.876. The van der Waals surface area contributed by atoms with Crippen molar-refractivity contribution in [3.8, 4) is 0 Å². The zero-order valence-corrected chi connectivity index (χ0v) is 32.3. The van der Waals surface area contributed by atoms with Gasteiger partial charge in [-0.15, -0.1) is 6.58 Å². The molecule has 7 heteroatoms. The highest BCUT2D eigenvalue weighted by Crippen LogP contribution is 2.32. The summed E-state index contributed by atoms with van der Waals surface area (Å²) in [5.41, 5.74) is 1.77. The molecule has 0 saturated carbocycles. The van der Waals surface area contributed by atoms with E-state index in [4.69, 9.17) is 27.5 Å². The molecule has 0 spiro atoms. The third kappa shape index (κ3) is 25.2. The molecule has 1 unspecified atom stereocenters. The average Bonchev–Trinajstić information content (AvgIpc) is 3.05. The summed E-state index contributed by atoms with van der Waals surface area (Å²) in [6.07, 6.45) is 23.6. The molecule has 0 aliphatic carbocycles. The fourth-order valence-electron chi connectivity index (χ4n) is 4.48. The van der Waals surface area contributed by atoms with E-state index in [1.807, 2.05) is 6.08 Å². The Morgan fingerprint density at radius 2 is 0.800 bits per heavy atom. The van der Waals surface area contributed by atoms with E-state index in [9.17, 15) is 0 Å². The molecule has 0 amide bonds. The van der Waals surface area contributed by atoms with Gasteiger partial charge in [-0.3, -0.25) is 0 Å². The van der Waals surface area contributed by atoms with Gasteiger partial charge in [-0.25, -0.2) is 0 Å². The molecule has 0 radical (unpaired) electrons. The van der Waals surface area contributed by atoms with Gasteiger partial charge in [-0.05, 0) is 50.6 Å². The zero-order chi connectivity index (χ0) is 33.9. The highest BCUT2D eigenvalue weighted by atomic mass is 28.4. The Balaban J connectivity index is 0. The van der Waals surface area contributed by atoms with Gasteiger partial charge in [0, 0.05) is 19.8 Å². The highest BCUT2D eigenvalue weighted by Gasteiger charge is 2.41. The van der Waals surface area contributed by atoms with Crippen LogP contribution in [0.15, 0.2) is 24.9 Å². The Morgan fingerprint density at radius 3 is 1.13 bits per heavy atom. The van der Waals surface area contributed by atoms with Crippen molar-refractivity contribution < 1.29 is 27.5 Å². The van der Waals surface area contributed by atoms with Gasteiger partial charge in [-0.2, -0.15) is 0 Å². The number of hydrogen-bond acceptors (Lipinski definition) is 6. The van der Waals surface area contributed by atoms with Crippen LogP contribution in [0, 0.1) is 5.92 Å². The molecule has 0 aliphatic heterocycles. The van der Waals surface area contributed by atoms with Crippen molar-refractivity contribution in [1.29, 1.82) is 0 Å². The van der Waals surface area contributed by atoms with Crippen molar-refractivity contribution in [3.05, 3.63) is 24.9 Å². The van der Waals surface area contributed by atoms with Gasteiger partial charge in [0.2, 0.25) is 0 Å². The van der Waals surface area contributed by atoms with Gasteiger partial charge in [0.15, 0.2) is 0 Å². The van der Waals surface area contributed by atoms with Crippen LogP contribution in [-0.2, 0) is 27.5 Å². The predicted octanol–water partition coefficient (Wildman–Crippen LogP) is 11.7. The third-order valence-corrected chi connectivity index (χ3v) is 9.98. The van der Waals surface area contributed by atoms with E-state index >= 15 is 0 Å². The van der Waals surface area contributed by atoms with Crippen molar-refractivity contribution >= 4 is 8.80 Å². The van der Waals surface area contributed by atoms with Crippen molar-refractivity contribution in [2.75, 3.05) is 39.6 Å². The molecule has 0 N–H and O–H groups in total. The van der Waals surface area contributed by atoms with Gasteiger partial charge < -0.3 is 27.5 Å². The van der Waals surface area contributed by atoms with Gasteiger partial charge in [0.05, 0.1) is 25.7 Å². The fourth-order valence-corrected chi connectivity index (χ4v) is 6.37. The van der Waals surface area contributed by atoms with Crippen LogP contribution in [0.5, 0.6) is 0 Å². The second-order valence-electron chi connectivity index (χ2n) is 12.0. The Kier molecular flexibility index (Phi) is 36.0. The van der Waals surface area contributed by atoms with Crippen LogP contribution in [0.2, 0.25) is 0 Å². The Morgan fingerprint density at radius 1 is 0.467 bits per heavy atom. The first kappa shape index (κ1) is 46.6. The van der Waals surface area contributed by atoms with Crippen molar-refractivity contribution in [3.63, 3.8) is 0 Å². The molecule has 45 heavy (non-hydrogen) atoms. The zero-order valence-electron chi connectivity index (χ0n) is 31.3. The van der Waals surface area contributed by atoms with Gasteiger partial charge >= 0.3 is 8.80 Å². The van der Waals surface area contributed by atoms with Crippen molar-refractivity contribution in [1.82, 2.24) is 0 Å². The molecule has 0 aromatic carbocycles. The molecule has 0 aromatic rings. The summed E-state index contributed by atoms with van der Waals surface area (Å²) in [6.45, 7) is 27.3. The lowest BCUT2D eigenvalue weighted by Crippen LogP contribution is -2.46. The molecule has 0 bridgehead atoms. The first-order valence-electron chi connectivity index (χ1n) is 19.0. The third-order valence-electron chi connectivity index (χ3n) is 7.66. The quantitative estimate of drug-likeness (QED) is 0.0297. The van der Waals surface area contributed by atoms with E-state index in [2.05, 4.69) is 61.6 Å². The SMILES string of the molecule is C=CC(CCCCCCCC)C(OCCCC)(OCCCC)OCCCC.C=C[Si](OCCCC)(OCCCC)OCCCC. The molecule has 270 valence electrons. The Labute approximate surface area is 282 Å². The Bertz CT molecular complexity index is 564. The standard InChI is InChI=1S/C24H48O3.C14H30O3Si/c1-6-11-15-16-17-18-19-23(10-5)24(25-20-12-7-2,26-21-13-8-3)27-22-14-9-4;1-5-9-12-15-18(8-4,16-13-10-6-2)17-14-11-7-3/h10,23H,5-9,11-22H2,1-4H3;8H,4-7,9-14H2,1-3H3. The number of ether oxygens (including phenoxy) is 3. The lowest BCUT2D eigenvalue weighted by molar-refractivity contribution is -0.399. The van der Waals surface area contributed by atoms with E-state index < -0.39 is 14.8 Å². The first-order valence-corrected chi connectivity index (χ1v) is 20.8. The van der Waals surface area contributed by atoms with Gasteiger partial charge in [-0.1, -0.05) is 138 Å². The molecule has 0 aromatic heterocycles. The summed E-state index contributed by atoms with van der Waals surface area (Å²) in [4.78, 5) is 0. The predicted molar refractivity (Wildman–Crippen MR) is 196 cm³/mol. The van der Waals surface area contributed by atoms with Crippen molar-refractivity contribution in [2.24, 2.45) is 5.92 Å². The second-order valence-corrected chi connectivity index (χ2v) is 14.5. The maximum Gasteiger partial charge on any atom is 0.529 e. The monoisotopic (exact) mass is 659 g/mol. The average molecular weight is 659 g/mol. The number of hydrogen-bond donors (Lipinski definition) is 0. The minimum atomic E-state index is -2.62. The molecule has 0 saturated heterocycles. The van der Waals surface area contributed by atoms with E-state index in [-0.39, 0.29) is 5.92 Å². The molecule has 1 atom stereocenters. The number of rotatable bonds is 34. The summed E-state index contributed by atoms with van der Waals surface area (Å²) in [6, 6.07) is 0. The first-order chi connectivity index (χ1) is 21.9. The van der Waals surface area contributed by atoms with Crippen LogP contribution in [0.25, 0.3) is 0 Å². The van der Waals surface area contributed by atoms with E-state index in [0.29, 0.717) is 39.6 Å². The van der Waals surface area contributed by atoms with Crippen LogP contribution >= 0.6 is 0 Å². The summed E-state index contributed by atoms with van der Waals surface area (Å²) >= 11 is 0. The topological polar surface area (TPSA) is 55.4 Å². The maximum atomic E-state index is 6.30. The summed E-state index contributed by atoms with van der Waals surface area (Å²) in [5, 5.41) is 0. The van der Waals surface area contributed by atoms with E-state index in [1.54, 1.807) is 5.70 Å². The van der Waals surface area contributed by atoms with Gasteiger partial charge in [0.1, 0.15) is 0 Å². The van der Waals surface area contributed by atoms with Gasteiger partial charge in [0.25, 0.3) is 5.97 Å². The normalized spacial score (nSPS) is 12.5. The smallest absolute Gasteiger partial charge is 0.370 e. The summed E-state index contributed by atoms with van der Waals surface area (Å²) < 4.78 is 36.6. The Hall–Kier alpha value is -0.543. The minimum Gasteiger partial charge on any atom is -0.370 e. The van der Waals surface area contributed by atoms with Crippen LogP contribution in [-0.4, -0.2) is 54.4 Å². The maximum absolute atomic E-state index is 6.30. The fraction of sp³-hybridized carbons (Fsp3) is 0.895. The van der Waals surface area contributed by atoms with E-state index in [0.717, 1.165) is 83.5 Å². The lowest BCUT2D eigenvalue weighted by Gasteiger charge is -2.38. The molecule has 0 heterocycles. The molecule has 0 rings (SSSR count). The molecule has 0 fully saturated rings.